The first-order valence-corrected chi connectivity index (χ1v) is 4.46. The SMILES string of the molecule is N#Cc1ccc2oc(=S)sc2c1. The van der Waals surface area contributed by atoms with Gasteiger partial charge in [-0.25, -0.2) is 0 Å². The van der Waals surface area contributed by atoms with Crippen molar-refractivity contribution in [3.05, 3.63) is 27.8 Å². The van der Waals surface area contributed by atoms with Crippen LogP contribution in [0.1, 0.15) is 5.56 Å². The lowest BCUT2D eigenvalue weighted by molar-refractivity contribution is 0.609. The van der Waals surface area contributed by atoms with Crippen LogP contribution in [0.2, 0.25) is 0 Å². The van der Waals surface area contributed by atoms with Crippen molar-refractivity contribution in [3.8, 4) is 6.07 Å². The Kier molecular flexibility index (Phi) is 1.68. The Morgan fingerprint density at radius 2 is 2.33 bits per heavy atom. The molecule has 0 bridgehead atoms. The number of nitrogens with zero attached hydrogens (tertiary/aromatic N) is 1. The second kappa shape index (κ2) is 2.70. The van der Waals surface area contributed by atoms with Crippen molar-refractivity contribution in [2.45, 2.75) is 0 Å². The topological polar surface area (TPSA) is 36.9 Å². The fourth-order valence-electron chi connectivity index (χ4n) is 0.942. The summed E-state index contributed by atoms with van der Waals surface area (Å²) >= 11 is 6.24. The van der Waals surface area contributed by atoms with Gasteiger partial charge in [0, 0.05) is 0 Å². The van der Waals surface area contributed by atoms with Crippen molar-refractivity contribution in [3.63, 3.8) is 0 Å². The Morgan fingerprint density at radius 1 is 1.50 bits per heavy atom. The molecule has 0 spiro atoms. The van der Waals surface area contributed by atoms with Gasteiger partial charge in [0.25, 0.3) is 0 Å². The molecule has 0 saturated carbocycles. The van der Waals surface area contributed by atoms with Crippen LogP contribution < -0.4 is 0 Å². The fourth-order valence-corrected chi connectivity index (χ4v) is 2.01. The van der Waals surface area contributed by atoms with E-state index in [4.69, 9.17) is 21.9 Å². The quantitative estimate of drug-likeness (QED) is 0.603. The second-order valence-electron chi connectivity index (χ2n) is 2.23. The standard InChI is InChI=1S/C8H3NOS2/c9-4-5-1-2-6-7(3-5)12-8(11)10-6/h1-3H. The van der Waals surface area contributed by atoms with Crippen LogP contribution in [0.15, 0.2) is 22.6 Å². The first kappa shape index (κ1) is 7.47. The van der Waals surface area contributed by atoms with E-state index in [9.17, 15) is 0 Å². The molecule has 0 saturated heterocycles. The van der Waals surface area contributed by atoms with Crippen molar-refractivity contribution >= 4 is 33.8 Å². The lowest BCUT2D eigenvalue weighted by atomic mass is 10.2. The van der Waals surface area contributed by atoms with Gasteiger partial charge in [-0.2, -0.15) is 5.26 Å². The molecule has 0 aliphatic rings. The molecule has 0 aliphatic heterocycles. The van der Waals surface area contributed by atoms with E-state index >= 15 is 0 Å². The smallest absolute Gasteiger partial charge is 0.248 e. The first-order valence-electron chi connectivity index (χ1n) is 3.23. The van der Waals surface area contributed by atoms with Crippen LogP contribution >= 0.6 is 23.6 Å². The van der Waals surface area contributed by atoms with E-state index in [0.717, 1.165) is 10.3 Å². The van der Waals surface area contributed by atoms with Crippen LogP contribution in [-0.2, 0) is 0 Å². The molecule has 4 heteroatoms. The van der Waals surface area contributed by atoms with E-state index in [2.05, 4.69) is 6.07 Å². The highest BCUT2D eigenvalue weighted by atomic mass is 32.1. The zero-order valence-electron chi connectivity index (χ0n) is 5.90. The summed E-state index contributed by atoms with van der Waals surface area (Å²) in [5.74, 6) is 0. The Hall–Kier alpha value is -1.18. The largest absolute Gasteiger partial charge is 0.435 e. The molecule has 2 rings (SSSR count). The van der Waals surface area contributed by atoms with Crippen molar-refractivity contribution in [1.29, 1.82) is 5.26 Å². The van der Waals surface area contributed by atoms with E-state index in [0.29, 0.717) is 9.58 Å². The molecule has 0 radical (unpaired) electrons. The zero-order valence-corrected chi connectivity index (χ0v) is 7.54. The summed E-state index contributed by atoms with van der Waals surface area (Å²) in [6, 6.07) is 7.32. The van der Waals surface area contributed by atoms with E-state index in [1.54, 1.807) is 18.2 Å². The van der Waals surface area contributed by atoms with Gasteiger partial charge in [0.1, 0.15) is 5.58 Å². The molecule has 0 aliphatic carbocycles. The molecule has 2 nitrogen and oxygen atoms in total. The second-order valence-corrected chi connectivity index (χ2v) is 3.87. The van der Waals surface area contributed by atoms with E-state index < -0.39 is 0 Å². The van der Waals surface area contributed by atoms with E-state index in [1.165, 1.54) is 11.3 Å². The monoisotopic (exact) mass is 193 g/mol. The maximum Gasteiger partial charge on any atom is 0.248 e. The Morgan fingerprint density at radius 3 is 3.08 bits per heavy atom. The van der Waals surface area contributed by atoms with Crippen LogP contribution in [0.5, 0.6) is 0 Å². The third kappa shape index (κ3) is 1.13. The van der Waals surface area contributed by atoms with Gasteiger partial charge in [-0.3, -0.25) is 0 Å². The number of fused-ring (bicyclic) bond motifs is 1. The predicted octanol–water partition coefficient (Wildman–Crippen LogP) is 3.10. The summed E-state index contributed by atoms with van der Waals surface area (Å²) in [6.45, 7) is 0. The molecule has 12 heavy (non-hydrogen) atoms. The lowest BCUT2D eigenvalue weighted by Crippen LogP contribution is -1.69. The van der Waals surface area contributed by atoms with Gasteiger partial charge in [-0.15, -0.1) is 0 Å². The summed E-state index contributed by atoms with van der Waals surface area (Å²) in [6.07, 6.45) is 0. The van der Waals surface area contributed by atoms with Gasteiger partial charge in [-0.1, -0.05) is 11.3 Å². The normalized spacial score (nSPS) is 9.92. The highest BCUT2D eigenvalue weighted by Gasteiger charge is 1.99. The summed E-state index contributed by atoms with van der Waals surface area (Å²) in [5, 5.41) is 8.60. The van der Waals surface area contributed by atoms with Crippen molar-refractivity contribution in [2.24, 2.45) is 0 Å². The number of benzene rings is 1. The number of hydrogen-bond acceptors (Lipinski definition) is 4. The molecule has 58 valence electrons. The summed E-state index contributed by atoms with van der Waals surface area (Å²) in [4.78, 5) is 0. The third-order valence-electron chi connectivity index (χ3n) is 1.46. The molecule has 1 aromatic carbocycles. The molecular weight excluding hydrogens is 190 g/mol. The zero-order chi connectivity index (χ0) is 8.55. The molecule has 0 amide bonds. The third-order valence-corrected chi connectivity index (χ3v) is 2.58. The van der Waals surface area contributed by atoms with Crippen LogP contribution in [0.3, 0.4) is 0 Å². The lowest BCUT2D eigenvalue weighted by Gasteiger charge is -1.85. The Labute approximate surface area is 77.7 Å². The van der Waals surface area contributed by atoms with Crippen LogP contribution in [0, 0.1) is 15.4 Å². The van der Waals surface area contributed by atoms with Gasteiger partial charge >= 0.3 is 0 Å². The number of hydrogen-bond donors (Lipinski definition) is 0. The summed E-state index contributed by atoms with van der Waals surface area (Å²) < 4.78 is 6.62. The molecule has 0 atom stereocenters. The Balaban J connectivity index is 2.85. The maximum absolute atomic E-state index is 8.60. The summed E-state index contributed by atoms with van der Waals surface area (Å²) in [5.41, 5.74) is 1.39. The molecular formula is C8H3NOS2. The molecule has 0 N–H and O–H groups in total. The van der Waals surface area contributed by atoms with Gasteiger partial charge < -0.3 is 4.42 Å². The number of rotatable bonds is 0. The van der Waals surface area contributed by atoms with Crippen LogP contribution in [0.4, 0.5) is 0 Å². The summed E-state index contributed by atoms with van der Waals surface area (Å²) in [7, 11) is 0. The average Bonchev–Trinajstić information content (AvgIpc) is 2.43. The van der Waals surface area contributed by atoms with Crippen LogP contribution in [0.25, 0.3) is 10.3 Å². The predicted molar refractivity (Wildman–Crippen MR) is 49.6 cm³/mol. The Bertz CT molecular complexity index is 518. The number of nitriles is 1. The highest BCUT2D eigenvalue weighted by molar-refractivity contribution is 7.73. The van der Waals surface area contributed by atoms with Gasteiger partial charge in [0.05, 0.1) is 16.3 Å². The van der Waals surface area contributed by atoms with Gasteiger partial charge in [-0.05, 0) is 30.4 Å². The minimum atomic E-state index is 0.500. The van der Waals surface area contributed by atoms with E-state index in [-0.39, 0.29) is 0 Å². The molecule has 1 heterocycles. The fraction of sp³-hybridized carbons (Fsp3) is 0. The molecule has 1 aromatic heterocycles. The first-order chi connectivity index (χ1) is 5.79. The van der Waals surface area contributed by atoms with Crippen molar-refractivity contribution in [2.75, 3.05) is 0 Å². The molecule has 2 aromatic rings. The van der Waals surface area contributed by atoms with Gasteiger partial charge in [0.2, 0.25) is 4.02 Å². The van der Waals surface area contributed by atoms with E-state index in [1.807, 2.05) is 0 Å². The minimum Gasteiger partial charge on any atom is -0.435 e. The molecule has 0 unspecified atom stereocenters. The van der Waals surface area contributed by atoms with Gasteiger partial charge in [0.15, 0.2) is 0 Å². The van der Waals surface area contributed by atoms with Crippen molar-refractivity contribution < 1.29 is 4.42 Å². The molecule has 0 fully saturated rings. The average molecular weight is 193 g/mol. The highest BCUT2D eigenvalue weighted by Crippen LogP contribution is 2.23. The maximum atomic E-state index is 8.60. The van der Waals surface area contributed by atoms with Crippen molar-refractivity contribution in [1.82, 2.24) is 0 Å². The minimum absolute atomic E-state index is 0.500. The van der Waals surface area contributed by atoms with Crippen LogP contribution in [-0.4, -0.2) is 0 Å².